The van der Waals surface area contributed by atoms with Gasteiger partial charge < -0.3 is 18.9 Å². The number of ether oxygens (including phenoxy) is 4. The van der Waals surface area contributed by atoms with E-state index in [-0.39, 0.29) is 0 Å². The highest BCUT2D eigenvalue weighted by molar-refractivity contribution is 6.08. The van der Waals surface area contributed by atoms with Crippen molar-refractivity contribution < 1.29 is 18.9 Å². The highest BCUT2D eigenvalue weighted by atomic mass is 16.7. The van der Waals surface area contributed by atoms with Crippen LogP contribution in [0.4, 0.5) is 0 Å². The zero-order chi connectivity index (χ0) is 40.4. The molecule has 0 amide bonds. The van der Waals surface area contributed by atoms with E-state index in [4.69, 9.17) is 38.9 Å². The molecule has 296 valence electrons. The lowest BCUT2D eigenvalue weighted by Crippen LogP contribution is -2.58. The standard InChI is InChI=1S/C51H38N6O4/c1-3-15-43-39(11-1)41-13-9-29-54-47(41)56(43)37-23-19-35(20-24-37)50(45-17-5-7-27-52-45)58-31-49(32-59-50)33-60-51(61-34-49,46-18-6-8-28-53-46)36-21-25-38(26-22-36)57-44-16-4-2-12-40(44)42-14-10-30-55-48(42)57/h1-30H,31-34H2. The van der Waals surface area contributed by atoms with Crippen molar-refractivity contribution in [2.24, 2.45) is 5.41 Å². The molecular formula is C51H38N6O4. The van der Waals surface area contributed by atoms with Crippen molar-refractivity contribution in [1.82, 2.24) is 29.1 Å². The smallest absolute Gasteiger partial charge is 0.239 e. The van der Waals surface area contributed by atoms with Crippen molar-refractivity contribution in [2.45, 2.75) is 11.6 Å². The molecule has 0 saturated carbocycles. The van der Waals surface area contributed by atoms with Crippen LogP contribution in [0.5, 0.6) is 0 Å². The fourth-order valence-corrected chi connectivity index (χ4v) is 9.17. The molecule has 4 aromatic carbocycles. The molecule has 0 radical (unpaired) electrons. The van der Waals surface area contributed by atoms with Gasteiger partial charge in [0.15, 0.2) is 0 Å². The molecule has 12 rings (SSSR count). The largest absolute Gasteiger partial charge is 0.340 e. The summed E-state index contributed by atoms with van der Waals surface area (Å²) < 4.78 is 32.1. The first kappa shape index (κ1) is 35.8. The van der Waals surface area contributed by atoms with Crippen LogP contribution < -0.4 is 0 Å². The summed E-state index contributed by atoms with van der Waals surface area (Å²) in [6.45, 7) is 1.22. The third-order valence-corrected chi connectivity index (χ3v) is 12.2. The lowest BCUT2D eigenvalue weighted by molar-refractivity contribution is -0.358. The number of rotatable bonds is 6. The van der Waals surface area contributed by atoms with Crippen LogP contribution in [0.25, 0.3) is 55.2 Å². The molecule has 1 spiro atoms. The number of hydrogen-bond donors (Lipinski definition) is 0. The Morgan fingerprint density at radius 1 is 0.361 bits per heavy atom. The summed E-state index contributed by atoms with van der Waals surface area (Å²) in [6.07, 6.45) is 7.21. The summed E-state index contributed by atoms with van der Waals surface area (Å²) in [5.41, 5.74) is 8.34. The van der Waals surface area contributed by atoms with E-state index >= 15 is 0 Å². The summed E-state index contributed by atoms with van der Waals surface area (Å²) in [4.78, 5) is 19.1. The summed E-state index contributed by atoms with van der Waals surface area (Å²) in [6, 6.07) is 53.2. The van der Waals surface area contributed by atoms with Gasteiger partial charge in [-0.05, 0) is 84.9 Å². The molecule has 10 heteroatoms. The lowest BCUT2D eigenvalue weighted by atomic mass is 9.87. The maximum atomic E-state index is 6.92. The minimum absolute atomic E-state index is 0.306. The normalized spacial score (nSPS) is 21.8. The Labute approximate surface area is 350 Å². The number of pyridine rings is 4. The van der Waals surface area contributed by atoms with Crippen molar-refractivity contribution in [3.8, 4) is 11.4 Å². The van der Waals surface area contributed by atoms with Gasteiger partial charge in [-0.15, -0.1) is 0 Å². The minimum Gasteiger partial charge on any atom is -0.340 e. The Kier molecular flexibility index (Phi) is 8.23. The Morgan fingerprint density at radius 3 is 1.15 bits per heavy atom. The van der Waals surface area contributed by atoms with Gasteiger partial charge in [0, 0.05) is 68.8 Å². The third-order valence-electron chi connectivity index (χ3n) is 12.2. The van der Waals surface area contributed by atoms with Gasteiger partial charge in [0.25, 0.3) is 0 Å². The molecule has 0 N–H and O–H groups in total. The Bertz CT molecular complexity index is 2880. The summed E-state index contributed by atoms with van der Waals surface area (Å²) in [5.74, 6) is -2.51. The summed E-state index contributed by atoms with van der Waals surface area (Å²) in [7, 11) is 0. The fraction of sp³-hybridized carbons (Fsp3) is 0.137. The van der Waals surface area contributed by atoms with E-state index in [1.165, 1.54) is 0 Å². The van der Waals surface area contributed by atoms with Crippen molar-refractivity contribution in [2.75, 3.05) is 26.4 Å². The van der Waals surface area contributed by atoms with E-state index in [0.717, 1.165) is 66.4 Å². The van der Waals surface area contributed by atoms with Crippen LogP contribution in [0.3, 0.4) is 0 Å². The maximum absolute atomic E-state index is 6.92. The van der Waals surface area contributed by atoms with Crippen LogP contribution in [0.1, 0.15) is 22.5 Å². The maximum Gasteiger partial charge on any atom is 0.239 e. The van der Waals surface area contributed by atoms with Crippen molar-refractivity contribution in [3.63, 3.8) is 0 Å². The van der Waals surface area contributed by atoms with Crippen LogP contribution in [-0.2, 0) is 30.5 Å². The molecule has 10 aromatic rings. The Balaban J connectivity index is 0.852. The second-order valence-electron chi connectivity index (χ2n) is 15.9. The van der Waals surface area contributed by atoms with Gasteiger partial charge in [0.1, 0.15) is 22.7 Å². The van der Waals surface area contributed by atoms with Crippen LogP contribution in [0.2, 0.25) is 0 Å². The van der Waals surface area contributed by atoms with Gasteiger partial charge in [-0.25, -0.2) is 9.97 Å². The molecule has 10 nitrogen and oxygen atoms in total. The highest BCUT2D eigenvalue weighted by Gasteiger charge is 2.54. The molecule has 2 fully saturated rings. The first-order valence-corrected chi connectivity index (χ1v) is 20.4. The monoisotopic (exact) mass is 798 g/mol. The average molecular weight is 799 g/mol. The third kappa shape index (κ3) is 5.57. The zero-order valence-electron chi connectivity index (χ0n) is 33.0. The highest BCUT2D eigenvalue weighted by Crippen LogP contribution is 2.47. The Hall–Kier alpha value is -7.08. The summed E-state index contributed by atoms with van der Waals surface area (Å²) >= 11 is 0. The van der Waals surface area contributed by atoms with E-state index in [9.17, 15) is 0 Å². The number of hydrogen-bond acceptors (Lipinski definition) is 8. The fourth-order valence-electron chi connectivity index (χ4n) is 9.17. The molecule has 2 aliphatic heterocycles. The van der Waals surface area contributed by atoms with Gasteiger partial charge in [-0.3, -0.25) is 19.1 Å². The molecule has 0 atom stereocenters. The lowest BCUT2D eigenvalue weighted by Gasteiger charge is -2.50. The van der Waals surface area contributed by atoms with Gasteiger partial charge >= 0.3 is 0 Å². The molecule has 0 unspecified atom stereocenters. The summed E-state index contributed by atoms with van der Waals surface area (Å²) in [5, 5.41) is 4.52. The molecule has 2 aliphatic rings. The van der Waals surface area contributed by atoms with Gasteiger partial charge in [0.2, 0.25) is 11.6 Å². The van der Waals surface area contributed by atoms with E-state index in [1.807, 2.05) is 60.9 Å². The quantitative estimate of drug-likeness (QED) is 0.164. The molecule has 2 saturated heterocycles. The number of aromatic nitrogens is 6. The number of benzene rings is 4. The van der Waals surface area contributed by atoms with Crippen molar-refractivity contribution in [3.05, 3.63) is 205 Å². The number of nitrogens with zero attached hydrogens (tertiary/aromatic N) is 6. The van der Waals surface area contributed by atoms with Gasteiger partial charge in [-0.1, -0.05) is 72.8 Å². The van der Waals surface area contributed by atoms with Gasteiger partial charge in [-0.2, -0.15) is 0 Å². The minimum atomic E-state index is -1.25. The van der Waals surface area contributed by atoms with E-state index in [0.29, 0.717) is 37.8 Å². The predicted octanol–water partition coefficient (Wildman–Crippen LogP) is 9.64. The zero-order valence-corrected chi connectivity index (χ0v) is 33.0. The molecule has 61 heavy (non-hydrogen) atoms. The van der Waals surface area contributed by atoms with Crippen LogP contribution >= 0.6 is 0 Å². The second kappa shape index (κ2) is 14.0. The molecule has 8 heterocycles. The number of para-hydroxylation sites is 2. The van der Waals surface area contributed by atoms with Crippen LogP contribution in [0.15, 0.2) is 183 Å². The SMILES string of the molecule is c1ccc(C2(c3ccc(-n4c5ccccc5c5cccnc54)cc3)OCC3(CO2)COC(c2ccc(-n4c5ccccc5c5cccnc54)cc2)(c2ccccn2)OC3)nc1. The van der Waals surface area contributed by atoms with Gasteiger partial charge in [0.05, 0.1) is 42.9 Å². The van der Waals surface area contributed by atoms with Crippen LogP contribution in [-0.4, -0.2) is 55.5 Å². The van der Waals surface area contributed by atoms with E-state index in [2.05, 4.69) is 118 Å². The Morgan fingerprint density at radius 2 is 0.738 bits per heavy atom. The molecule has 0 aliphatic carbocycles. The predicted molar refractivity (Wildman–Crippen MR) is 233 cm³/mol. The first-order chi connectivity index (χ1) is 30.1. The van der Waals surface area contributed by atoms with Crippen molar-refractivity contribution >= 4 is 43.9 Å². The molecular weight excluding hydrogens is 761 g/mol. The first-order valence-electron chi connectivity index (χ1n) is 20.4. The average Bonchev–Trinajstić information content (AvgIpc) is 3.86. The second-order valence-corrected chi connectivity index (χ2v) is 15.9. The number of fused-ring (bicyclic) bond motifs is 6. The van der Waals surface area contributed by atoms with E-state index in [1.54, 1.807) is 12.4 Å². The van der Waals surface area contributed by atoms with E-state index < -0.39 is 17.0 Å². The van der Waals surface area contributed by atoms with Crippen molar-refractivity contribution in [1.29, 1.82) is 0 Å². The topological polar surface area (TPSA) is 98.3 Å². The molecule has 0 bridgehead atoms. The van der Waals surface area contributed by atoms with Crippen LogP contribution in [0, 0.1) is 5.41 Å². The molecule has 6 aromatic heterocycles.